The summed E-state index contributed by atoms with van der Waals surface area (Å²) in [6, 6.07) is 11.9. The average Bonchev–Trinajstić information content (AvgIpc) is 3.48. The van der Waals surface area contributed by atoms with E-state index in [2.05, 4.69) is 56.3 Å². The first-order valence-corrected chi connectivity index (χ1v) is 10.6. The molecule has 1 aliphatic carbocycles. The minimum Gasteiger partial charge on any atom is -0.357 e. The van der Waals surface area contributed by atoms with Crippen molar-refractivity contribution < 1.29 is 0 Å². The number of hydrogen-bond donors (Lipinski definition) is 2. The number of halogens is 1. The molecular weight excluding hydrogens is 475 g/mol. The van der Waals surface area contributed by atoms with Gasteiger partial charge in [-0.2, -0.15) is 0 Å². The monoisotopic (exact) mass is 508 g/mol. The molecule has 29 heavy (non-hydrogen) atoms. The molecule has 0 radical (unpaired) electrons. The second-order valence-electron chi connectivity index (χ2n) is 7.84. The van der Waals surface area contributed by atoms with Crippen LogP contribution in [-0.4, -0.2) is 52.1 Å². The first-order valence-electron chi connectivity index (χ1n) is 10.6. The number of aromatic nitrogens is 2. The van der Waals surface area contributed by atoms with E-state index in [0.29, 0.717) is 12.6 Å². The van der Waals surface area contributed by atoms with Crippen molar-refractivity contribution >= 4 is 29.9 Å². The minimum atomic E-state index is 0. The fourth-order valence-corrected chi connectivity index (χ4v) is 3.93. The molecule has 0 bridgehead atoms. The van der Waals surface area contributed by atoms with Gasteiger partial charge in [-0.05, 0) is 38.2 Å². The number of imidazole rings is 1. The van der Waals surface area contributed by atoms with Gasteiger partial charge in [-0.1, -0.05) is 30.3 Å². The van der Waals surface area contributed by atoms with Gasteiger partial charge in [0.25, 0.3) is 0 Å². The summed E-state index contributed by atoms with van der Waals surface area (Å²) in [5.41, 5.74) is 1.28. The van der Waals surface area contributed by atoms with Crippen LogP contribution in [0.3, 0.4) is 0 Å². The van der Waals surface area contributed by atoms with Gasteiger partial charge in [-0.3, -0.25) is 0 Å². The molecule has 1 aromatic carbocycles. The van der Waals surface area contributed by atoms with Crippen LogP contribution < -0.4 is 10.6 Å². The minimum absolute atomic E-state index is 0. The van der Waals surface area contributed by atoms with E-state index >= 15 is 0 Å². The van der Waals surface area contributed by atoms with Crippen LogP contribution in [0.15, 0.2) is 47.7 Å². The summed E-state index contributed by atoms with van der Waals surface area (Å²) in [5.74, 6) is 1.89. The molecule has 158 valence electrons. The molecule has 0 amide bonds. The molecular formula is C22H33IN6. The first-order chi connectivity index (χ1) is 13.8. The number of aliphatic imine (C=N–C) groups is 1. The number of likely N-dealkylation sites (tertiary alicyclic amines) is 1. The highest BCUT2D eigenvalue weighted by Gasteiger charge is 2.31. The summed E-state index contributed by atoms with van der Waals surface area (Å²) >= 11 is 0. The van der Waals surface area contributed by atoms with Gasteiger partial charge in [0.1, 0.15) is 12.4 Å². The molecule has 2 heterocycles. The normalized spacial score (nSPS) is 18.3. The van der Waals surface area contributed by atoms with Crippen LogP contribution >= 0.6 is 24.0 Å². The second-order valence-corrected chi connectivity index (χ2v) is 7.84. The van der Waals surface area contributed by atoms with Crippen molar-refractivity contribution in [3.63, 3.8) is 0 Å². The summed E-state index contributed by atoms with van der Waals surface area (Å²) in [5, 5.41) is 7.04. The number of guanidine groups is 1. The Bertz CT molecular complexity index is 763. The molecule has 0 unspecified atom stereocenters. The first kappa shape index (κ1) is 22.1. The fraction of sp³-hybridized carbons (Fsp3) is 0.545. The standard InChI is InChI=1S/C22H32N6.HI/c1-2-23-22(26-19-10-13-27(14-11-19)20-8-9-20)25-16-21-24-12-15-28(21)17-18-6-4-3-5-7-18;/h3-7,12,15,19-20H,2,8-11,13-14,16-17H2,1H3,(H2,23,25,26);1H. The van der Waals surface area contributed by atoms with Gasteiger partial charge in [-0.25, -0.2) is 9.98 Å². The Hall–Kier alpha value is -1.61. The lowest BCUT2D eigenvalue weighted by Gasteiger charge is -2.33. The lowest BCUT2D eigenvalue weighted by Crippen LogP contribution is -2.49. The predicted octanol–water partition coefficient (Wildman–Crippen LogP) is 3.23. The number of rotatable bonds is 7. The number of benzene rings is 1. The highest BCUT2D eigenvalue weighted by atomic mass is 127. The number of nitrogens with one attached hydrogen (secondary N) is 2. The van der Waals surface area contributed by atoms with Crippen molar-refractivity contribution in [1.29, 1.82) is 0 Å². The Morgan fingerprint density at radius 1 is 1.14 bits per heavy atom. The van der Waals surface area contributed by atoms with E-state index in [1.165, 1.54) is 44.3 Å². The second kappa shape index (κ2) is 11.0. The summed E-state index contributed by atoms with van der Waals surface area (Å²) in [6.07, 6.45) is 9.09. The van der Waals surface area contributed by atoms with E-state index in [1.54, 1.807) is 0 Å². The maximum absolute atomic E-state index is 4.82. The molecule has 7 heteroatoms. The topological polar surface area (TPSA) is 57.5 Å². The lowest BCUT2D eigenvalue weighted by molar-refractivity contribution is 0.197. The Labute approximate surface area is 191 Å². The number of piperidine rings is 1. The van der Waals surface area contributed by atoms with E-state index in [1.807, 2.05) is 18.5 Å². The fourth-order valence-electron chi connectivity index (χ4n) is 3.93. The van der Waals surface area contributed by atoms with Gasteiger partial charge in [0, 0.05) is 50.7 Å². The van der Waals surface area contributed by atoms with Crippen molar-refractivity contribution in [2.24, 2.45) is 4.99 Å². The third kappa shape index (κ3) is 6.44. The smallest absolute Gasteiger partial charge is 0.191 e. The van der Waals surface area contributed by atoms with Crippen molar-refractivity contribution in [3.05, 3.63) is 54.1 Å². The Balaban J connectivity index is 0.00000240. The molecule has 0 atom stereocenters. The Morgan fingerprint density at radius 2 is 1.90 bits per heavy atom. The molecule has 2 aliphatic rings. The van der Waals surface area contributed by atoms with E-state index in [-0.39, 0.29) is 24.0 Å². The Kier molecular flexibility index (Phi) is 8.35. The van der Waals surface area contributed by atoms with Gasteiger partial charge in [0.2, 0.25) is 0 Å². The quantitative estimate of drug-likeness (QED) is 0.343. The molecule has 1 aliphatic heterocycles. The van der Waals surface area contributed by atoms with Gasteiger partial charge in [0.15, 0.2) is 5.96 Å². The zero-order valence-corrected chi connectivity index (χ0v) is 19.6. The largest absolute Gasteiger partial charge is 0.357 e. The van der Waals surface area contributed by atoms with Gasteiger partial charge in [-0.15, -0.1) is 24.0 Å². The molecule has 6 nitrogen and oxygen atoms in total. The van der Waals surface area contributed by atoms with Crippen LogP contribution in [-0.2, 0) is 13.1 Å². The van der Waals surface area contributed by atoms with Crippen molar-refractivity contribution in [2.75, 3.05) is 19.6 Å². The van der Waals surface area contributed by atoms with Gasteiger partial charge in [0.05, 0.1) is 0 Å². The Morgan fingerprint density at radius 3 is 2.59 bits per heavy atom. The van der Waals surface area contributed by atoms with E-state index in [9.17, 15) is 0 Å². The van der Waals surface area contributed by atoms with Crippen LogP contribution in [0.1, 0.15) is 44.0 Å². The molecule has 2 N–H and O–H groups in total. The van der Waals surface area contributed by atoms with Crippen LogP contribution in [0.2, 0.25) is 0 Å². The summed E-state index contributed by atoms with van der Waals surface area (Å²) in [6.45, 7) is 6.81. The lowest BCUT2D eigenvalue weighted by atomic mass is 10.1. The molecule has 2 fully saturated rings. The van der Waals surface area contributed by atoms with Crippen LogP contribution in [0.5, 0.6) is 0 Å². The molecule has 2 aromatic rings. The highest BCUT2D eigenvalue weighted by molar-refractivity contribution is 14.0. The van der Waals surface area contributed by atoms with Crippen molar-refractivity contribution in [2.45, 2.75) is 57.8 Å². The van der Waals surface area contributed by atoms with Gasteiger partial charge < -0.3 is 20.1 Å². The van der Waals surface area contributed by atoms with Crippen molar-refractivity contribution in [1.82, 2.24) is 25.1 Å². The summed E-state index contributed by atoms with van der Waals surface area (Å²) in [7, 11) is 0. The maximum Gasteiger partial charge on any atom is 0.191 e. The predicted molar refractivity (Wildman–Crippen MR) is 129 cm³/mol. The van der Waals surface area contributed by atoms with Crippen LogP contribution in [0.25, 0.3) is 0 Å². The molecule has 4 rings (SSSR count). The van der Waals surface area contributed by atoms with E-state index in [0.717, 1.165) is 30.9 Å². The SMILES string of the molecule is CCNC(=NCc1nccn1Cc1ccccc1)NC1CCN(C2CC2)CC1.I. The summed E-state index contributed by atoms with van der Waals surface area (Å²) < 4.78 is 2.18. The van der Waals surface area contributed by atoms with Gasteiger partial charge >= 0.3 is 0 Å². The van der Waals surface area contributed by atoms with E-state index in [4.69, 9.17) is 4.99 Å². The van der Waals surface area contributed by atoms with Crippen molar-refractivity contribution in [3.8, 4) is 0 Å². The maximum atomic E-state index is 4.82. The molecule has 0 spiro atoms. The van der Waals surface area contributed by atoms with E-state index < -0.39 is 0 Å². The third-order valence-electron chi connectivity index (χ3n) is 5.65. The average molecular weight is 508 g/mol. The summed E-state index contributed by atoms with van der Waals surface area (Å²) in [4.78, 5) is 12.0. The van der Waals surface area contributed by atoms with Crippen LogP contribution in [0, 0.1) is 0 Å². The molecule has 1 saturated carbocycles. The molecule has 1 aromatic heterocycles. The molecule has 1 saturated heterocycles. The van der Waals surface area contributed by atoms with Crippen LogP contribution in [0.4, 0.5) is 0 Å². The third-order valence-corrected chi connectivity index (χ3v) is 5.65. The number of hydrogen-bond acceptors (Lipinski definition) is 3. The zero-order chi connectivity index (χ0) is 19.2. The highest BCUT2D eigenvalue weighted by Crippen LogP contribution is 2.29. The number of nitrogens with zero attached hydrogens (tertiary/aromatic N) is 4. The zero-order valence-electron chi connectivity index (χ0n) is 17.3.